The van der Waals surface area contributed by atoms with Crippen LogP contribution in [0.25, 0.3) is 0 Å². The molecular weight excluding hydrogens is 192 g/mol. The van der Waals surface area contributed by atoms with E-state index in [0.717, 1.165) is 19.3 Å². The summed E-state index contributed by atoms with van der Waals surface area (Å²) in [5.41, 5.74) is -1.58. The molecule has 4 unspecified atom stereocenters. The van der Waals surface area contributed by atoms with Crippen molar-refractivity contribution >= 4 is 5.97 Å². The van der Waals surface area contributed by atoms with Gasteiger partial charge in [0.25, 0.3) is 0 Å². The summed E-state index contributed by atoms with van der Waals surface area (Å²) >= 11 is 0. The van der Waals surface area contributed by atoms with Crippen LogP contribution in [-0.2, 0) is 4.79 Å². The first-order chi connectivity index (χ1) is 6.85. The van der Waals surface area contributed by atoms with Gasteiger partial charge in [-0.2, -0.15) is 0 Å². The van der Waals surface area contributed by atoms with Crippen LogP contribution in [0.3, 0.4) is 0 Å². The number of aliphatic hydroxyl groups is 1. The molecule has 4 aliphatic carbocycles. The van der Waals surface area contributed by atoms with Gasteiger partial charge < -0.3 is 10.2 Å². The smallest absolute Gasteiger partial charge is 0.309 e. The fraction of sp³-hybridized carbons (Fsp3) is 0.833. The largest absolute Gasteiger partial charge is 0.481 e. The third-order valence-electron chi connectivity index (χ3n) is 4.61. The molecule has 15 heavy (non-hydrogen) atoms. The predicted molar refractivity (Wildman–Crippen MR) is 54.0 cm³/mol. The van der Waals surface area contributed by atoms with Crippen molar-refractivity contribution in [2.45, 2.75) is 44.1 Å². The maximum Gasteiger partial charge on any atom is 0.309 e. The summed E-state index contributed by atoms with van der Waals surface area (Å²) in [5.74, 6) is -0.349. The zero-order chi connectivity index (χ0) is 10.9. The molecule has 0 heterocycles. The molecule has 3 heteroatoms. The quantitative estimate of drug-likeness (QED) is 0.689. The van der Waals surface area contributed by atoms with Crippen LogP contribution in [0.2, 0.25) is 0 Å². The number of aliphatic carboxylic acids is 1. The van der Waals surface area contributed by atoms with E-state index in [0.29, 0.717) is 25.2 Å². The van der Waals surface area contributed by atoms with Crippen LogP contribution < -0.4 is 0 Å². The third-order valence-corrected chi connectivity index (χ3v) is 4.61. The predicted octanol–water partition coefficient (Wildman–Crippen LogP) is 1.61. The van der Waals surface area contributed by atoms with Crippen LogP contribution in [0.15, 0.2) is 0 Å². The van der Waals surface area contributed by atoms with Crippen molar-refractivity contribution in [1.82, 2.24) is 0 Å². The summed E-state index contributed by atoms with van der Waals surface area (Å²) < 4.78 is 0. The molecule has 0 aromatic rings. The molecule has 4 rings (SSSR count). The summed E-state index contributed by atoms with van der Waals surface area (Å²) in [6.45, 7) is 4.18. The summed E-state index contributed by atoms with van der Waals surface area (Å²) in [6, 6.07) is 0. The molecule has 83 valence electrons. The first-order valence-electron chi connectivity index (χ1n) is 5.66. The van der Waals surface area contributed by atoms with Crippen LogP contribution in [0.1, 0.15) is 38.5 Å². The van der Waals surface area contributed by atoms with Gasteiger partial charge in [0.2, 0.25) is 0 Å². The topological polar surface area (TPSA) is 57.5 Å². The molecular formula is C12H17O3. The van der Waals surface area contributed by atoms with E-state index in [1.165, 1.54) is 0 Å². The zero-order valence-corrected chi connectivity index (χ0v) is 8.83. The molecule has 4 fully saturated rings. The minimum atomic E-state index is -0.737. The lowest BCUT2D eigenvalue weighted by Gasteiger charge is -2.62. The van der Waals surface area contributed by atoms with Crippen molar-refractivity contribution in [3.63, 3.8) is 0 Å². The standard InChI is InChI=1S/C12H17O3/c1-10-2-8-3-11(5-10,9(13)14)7-12(15,4-8)6-10/h8,15H,1-7H2,(H,13,14). The molecule has 4 aliphatic rings. The molecule has 4 saturated carbocycles. The molecule has 4 bridgehead atoms. The second-order valence-corrected chi connectivity index (χ2v) is 6.32. The summed E-state index contributed by atoms with van der Waals surface area (Å²) in [5, 5.41) is 19.7. The van der Waals surface area contributed by atoms with Crippen LogP contribution >= 0.6 is 0 Å². The first kappa shape index (κ1) is 9.64. The van der Waals surface area contributed by atoms with Gasteiger partial charge in [-0.05, 0) is 56.8 Å². The van der Waals surface area contributed by atoms with E-state index in [9.17, 15) is 15.0 Å². The van der Waals surface area contributed by atoms with Crippen molar-refractivity contribution in [2.24, 2.45) is 16.7 Å². The van der Waals surface area contributed by atoms with Crippen molar-refractivity contribution < 1.29 is 15.0 Å². The Balaban J connectivity index is 2.05. The van der Waals surface area contributed by atoms with Crippen molar-refractivity contribution in [1.29, 1.82) is 0 Å². The molecule has 4 atom stereocenters. The molecule has 2 N–H and O–H groups in total. The zero-order valence-electron chi connectivity index (χ0n) is 8.83. The van der Waals surface area contributed by atoms with E-state index in [1.807, 2.05) is 0 Å². The Labute approximate surface area is 89.5 Å². The third kappa shape index (κ3) is 1.19. The van der Waals surface area contributed by atoms with Crippen molar-refractivity contribution in [3.8, 4) is 0 Å². The molecule has 0 aliphatic heterocycles. The summed E-state index contributed by atoms with van der Waals surface area (Å²) in [7, 11) is 0. The molecule has 1 radical (unpaired) electrons. The van der Waals surface area contributed by atoms with Gasteiger partial charge in [-0.25, -0.2) is 0 Å². The van der Waals surface area contributed by atoms with Crippen LogP contribution in [0.4, 0.5) is 0 Å². The SMILES string of the molecule is [CH2]C12CC3CC(O)(C1)CC(C(=O)O)(C3)C2. The minimum absolute atomic E-state index is 0.174. The van der Waals surface area contributed by atoms with Gasteiger partial charge in [0.1, 0.15) is 0 Å². The van der Waals surface area contributed by atoms with E-state index in [2.05, 4.69) is 6.92 Å². The van der Waals surface area contributed by atoms with Crippen LogP contribution in [-0.4, -0.2) is 21.8 Å². The maximum absolute atomic E-state index is 11.4. The monoisotopic (exact) mass is 209 g/mol. The molecule has 0 spiro atoms. The normalized spacial score (nSPS) is 57.1. The van der Waals surface area contributed by atoms with Gasteiger partial charge in [-0.1, -0.05) is 0 Å². The number of hydrogen-bond acceptors (Lipinski definition) is 2. The number of carbonyl (C=O) groups is 1. The van der Waals surface area contributed by atoms with Gasteiger partial charge >= 0.3 is 5.97 Å². The Bertz CT molecular complexity index is 318. The number of hydrogen-bond donors (Lipinski definition) is 2. The molecule has 0 amide bonds. The van der Waals surface area contributed by atoms with Crippen LogP contribution in [0.5, 0.6) is 0 Å². The Morgan fingerprint density at radius 3 is 2.47 bits per heavy atom. The molecule has 3 nitrogen and oxygen atoms in total. The lowest BCUT2D eigenvalue weighted by molar-refractivity contribution is -0.204. The Kier molecular flexibility index (Phi) is 1.54. The van der Waals surface area contributed by atoms with Gasteiger partial charge in [-0.15, -0.1) is 0 Å². The number of carboxylic acid groups (broad SMARTS) is 1. The molecule has 0 aromatic carbocycles. The summed E-state index contributed by atoms with van der Waals surface area (Å²) in [6.07, 6.45) is 4.36. The lowest BCUT2D eigenvalue weighted by atomic mass is 9.43. The van der Waals surface area contributed by atoms with Gasteiger partial charge in [0.05, 0.1) is 11.0 Å². The van der Waals surface area contributed by atoms with E-state index in [4.69, 9.17) is 0 Å². The average molecular weight is 209 g/mol. The van der Waals surface area contributed by atoms with Gasteiger partial charge in [-0.3, -0.25) is 4.79 Å². The first-order valence-corrected chi connectivity index (χ1v) is 5.66. The highest BCUT2D eigenvalue weighted by atomic mass is 16.4. The maximum atomic E-state index is 11.4. The van der Waals surface area contributed by atoms with Crippen molar-refractivity contribution in [2.75, 3.05) is 0 Å². The Hall–Kier alpha value is -0.570. The highest BCUT2D eigenvalue weighted by Crippen LogP contribution is 2.66. The highest BCUT2D eigenvalue weighted by molar-refractivity contribution is 5.75. The fourth-order valence-electron chi connectivity index (χ4n) is 4.82. The highest BCUT2D eigenvalue weighted by Gasteiger charge is 2.64. The van der Waals surface area contributed by atoms with E-state index in [1.54, 1.807) is 0 Å². The van der Waals surface area contributed by atoms with Gasteiger partial charge in [0, 0.05) is 0 Å². The summed E-state index contributed by atoms with van der Waals surface area (Å²) in [4.78, 5) is 11.4. The molecule has 0 aromatic heterocycles. The average Bonchev–Trinajstić information content (AvgIpc) is 1.95. The second kappa shape index (κ2) is 2.40. The Morgan fingerprint density at radius 1 is 1.20 bits per heavy atom. The van der Waals surface area contributed by atoms with E-state index < -0.39 is 17.0 Å². The Morgan fingerprint density at radius 2 is 1.93 bits per heavy atom. The van der Waals surface area contributed by atoms with Crippen molar-refractivity contribution in [3.05, 3.63) is 6.92 Å². The molecule has 0 saturated heterocycles. The minimum Gasteiger partial charge on any atom is -0.481 e. The van der Waals surface area contributed by atoms with Crippen LogP contribution in [0, 0.1) is 23.7 Å². The number of carboxylic acids is 1. The second-order valence-electron chi connectivity index (χ2n) is 6.32. The lowest BCUT2D eigenvalue weighted by Crippen LogP contribution is -2.61. The number of rotatable bonds is 1. The van der Waals surface area contributed by atoms with Gasteiger partial charge in [0.15, 0.2) is 0 Å². The van der Waals surface area contributed by atoms with E-state index >= 15 is 0 Å². The fourth-order valence-corrected chi connectivity index (χ4v) is 4.82. The van der Waals surface area contributed by atoms with E-state index in [-0.39, 0.29) is 5.41 Å².